The molecule has 0 radical (unpaired) electrons. The number of hydrogen-bond acceptors (Lipinski definition) is 4. The largest absolute Gasteiger partial charge is 0.455 e. The number of pyridine rings is 1. The number of nitrogens with zero attached hydrogens (tertiary/aromatic N) is 1. The molecular formula is C15H11BrFNO3S. The van der Waals surface area contributed by atoms with Crippen LogP contribution in [0.3, 0.4) is 0 Å². The molecule has 1 aromatic heterocycles. The SMILES string of the molecule is CS(=O)(=O)c1ccc(Oc2cncc(Br)c2)c2c1CC(F)=C2. The lowest BCUT2D eigenvalue weighted by molar-refractivity contribution is 0.478. The fraction of sp³-hybridized carbons (Fsp3) is 0.133. The standard InChI is InChI=1S/C15H11BrFNO3S/c1-22(19,20)15-3-2-14(12-5-10(17)6-13(12)15)21-11-4-9(16)7-18-8-11/h2-5,7-8H,6H2,1H3. The summed E-state index contributed by atoms with van der Waals surface area (Å²) in [6.07, 6.45) is 5.52. The van der Waals surface area contributed by atoms with Crippen molar-refractivity contribution < 1.29 is 17.5 Å². The lowest BCUT2D eigenvalue weighted by Crippen LogP contribution is -2.03. The smallest absolute Gasteiger partial charge is 0.175 e. The number of benzene rings is 1. The number of aromatic nitrogens is 1. The van der Waals surface area contributed by atoms with Crippen LogP contribution in [0.4, 0.5) is 4.39 Å². The van der Waals surface area contributed by atoms with E-state index in [-0.39, 0.29) is 17.1 Å². The molecule has 1 aliphatic carbocycles. The summed E-state index contributed by atoms with van der Waals surface area (Å²) in [5, 5.41) is 0. The number of hydrogen-bond donors (Lipinski definition) is 0. The minimum Gasteiger partial charge on any atom is -0.455 e. The summed E-state index contributed by atoms with van der Waals surface area (Å²) in [4.78, 5) is 4.12. The van der Waals surface area contributed by atoms with Crippen LogP contribution >= 0.6 is 15.9 Å². The van der Waals surface area contributed by atoms with Gasteiger partial charge in [-0.3, -0.25) is 4.98 Å². The predicted octanol–water partition coefficient (Wildman–Crippen LogP) is 3.91. The van der Waals surface area contributed by atoms with Gasteiger partial charge in [0.05, 0.1) is 11.1 Å². The number of ether oxygens (including phenoxy) is 1. The lowest BCUT2D eigenvalue weighted by atomic mass is 10.1. The van der Waals surface area contributed by atoms with Crippen LogP contribution in [0.5, 0.6) is 11.5 Å². The first-order chi connectivity index (χ1) is 10.3. The molecular weight excluding hydrogens is 373 g/mol. The van der Waals surface area contributed by atoms with Gasteiger partial charge in [0.25, 0.3) is 0 Å². The van der Waals surface area contributed by atoms with Crippen molar-refractivity contribution in [3.8, 4) is 11.5 Å². The van der Waals surface area contributed by atoms with E-state index in [0.717, 1.165) is 10.7 Å². The number of halogens is 2. The lowest BCUT2D eigenvalue weighted by Gasteiger charge is -2.12. The van der Waals surface area contributed by atoms with Crippen molar-refractivity contribution in [3.05, 3.63) is 52.0 Å². The zero-order valence-electron chi connectivity index (χ0n) is 11.5. The summed E-state index contributed by atoms with van der Waals surface area (Å²) in [5.41, 5.74) is 0.890. The molecule has 3 rings (SSSR count). The van der Waals surface area contributed by atoms with Gasteiger partial charge in [-0.05, 0) is 45.8 Å². The highest BCUT2D eigenvalue weighted by atomic mass is 79.9. The Kier molecular flexibility index (Phi) is 3.78. The number of rotatable bonds is 3. The van der Waals surface area contributed by atoms with Crippen LogP contribution in [-0.2, 0) is 16.3 Å². The van der Waals surface area contributed by atoms with Gasteiger partial charge in [0.1, 0.15) is 17.3 Å². The molecule has 0 unspecified atom stereocenters. The topological polar surface area (TPSA) is 56.3 Å². The maximum absolute atomic E-state index is 13.7. The van der Waals surface area contributed by atoms with E-state index in [1.165, 1.54) is 24.4 Å². The van der Waals surface area contributed by atoms with Crippen molar-refractivity contribution in [2.24, 2.45) is 0 Å². The molecule has 0 amide bonds. The Balaban J connectivity index is 2.09. The van der Waals surface area contributed by atoms with Gasteiger partial charge >= 0.3 is 0 Å². The zero-order chi connectivity index (χ0) is 15.9. The van der Waals surface area contributed by atoms with E-state index in [0.29, 0.717) is 22.6 Å². The van der Waals surface area contributed by atoms with Crippen molar-refractivity contribution in [1.29, 1.82) is 0 Å². The van der Waals surface area contributed by atoms with E-state index >= 15 is 0 Å². The first kappa shape index (κ1) is 15.2. The van der Waals surface area contributed by atoms with Gasteiger partial charge in [-0.2, -0.15) is 0 Å². The van der Waals surface area contributed by atoms with Gasteiger partial charge in [-0.25, -0.2) is 12.8 Å². The molecule has 0 aliphatic heterocycles. The van der Waals surface area contributed by atoms with Gasteiger partial charge in [0.15, 0.2) is 9.84 Å². The van der Waals surface area contributed by atoms with Crippen LogP contribution in [0.25, 0.3) is 6.08 Å². The summed E-state index contributed by atoms with van der Waals surface area (Å²) in [6, 6.07) is 4.70. The highest BCUT2D eigenvalue weighted by Crippen LogP contribution is 2.39. The summed E-state index contributed by atoms with van der Waals surface area (Å²) in [5.74, 6) is 0.489. The Labute approximate surface area is 135 Å². The molecule has 114 valence electrons. The molecule has 0 N–H and O–H groups in total. The molecule has 1 heterocycles. The second-order valence-corrected chi connectivity index (χ2v) is 7.83. The van der Waals surface area contributed by atoms with Crippen LogP contribution in [0.1, 0.15) is 11.1 Å². The van der Waals surface area contributed by atoms with E-state index < -0.39 is 9.84 Å². The summed E-state index contributed by atoms with van der Waals surface area (Å²) in [7, 11) is -3.42. The molecule has 0 spiro atoms. The first-order valence-corrected chi connectivity index (χ1v) is 9.03. The Morgan fingerprint density at radius 3 is 2.77 bits per heavy atom. The number of fused-ring (bicyclic) bond motifs is 1. The van der Waals surface area contributed by atoms with Crippen LogP contribution < -0.4 is 4.74 Å². The van der Waals surface area contributed by atoms with Crippen LogP contribution in [-0.4, -0.2) is 19.7 Å². The molecule has 0 fully saturated rings. The molecule has 2 aromatic rings. The summed E-state index contributed by atoms with van der Waals surface area (Å²) >= 11 is 3.29. The van der Waals surface area contributed by atoms with Gasteiger partial charge < -0.3 is 4.74 Å². The maximum Gasteiger partial charge on any atom is 0.175 e. The Hall–Kier alpha value is -1.73. The highest BCUT2D eigenvalue weighted by Gasteiger charge is 2.25. The second kappa shape index (κ2) is 5.48. The van der Waals surface area contributed by atoms with Gasteiger partial charge in [0, 0.05) is 28.9 Å². The Morgan fingerprint density at radius 2 is 2.09 bits per heavy atom. The fourth-order valence-corrected chi connectivity index (χ4v) is 3.64. The minimum atomic E-state index is -3.42. The molecule has 7 heteroatoms. The monoisotopic (exact) mass is 383 g/mol. The maximum atomic E-state index is 13.7. The van der Waals surface area contributed by atoms with Crippen LogP contribution in [0.15, 0.2) is 45.8 Å². The van der Waals surface area contributed by atoms with E-state index in [1.54, 1.807) is 12.3 Å². The van der Waals surface area contributed by atoms with Crippen molar-refractivity contribution in [2.45, 2.75) is 11.3 Å². The molecule has 0 atom stereocenters. The Morgan fingerprint density at radius 1 is 1.32 bits per heavy atom. The molecule has 0 bridgehead atoms. The number of sulfone groups is 1. The number of allylic oxidation sites excluding steroid dienone is 1. The van der Waals surface area contributed by atoms with E-state index in [4.69, 9.17) is 4.74 Å². The van der Waals surface area contributed by atoms with Crippen molar-refractivity contribution in [2.75, 3.05) is 6.26 Å². The molecule has 4 nitrogen and oxygen atoms in total. The zero-order valence-corrected chi connectivity index (χ0v) is 13.9. The highest BCUT2D eigenvalue weighted by molar-refractivity contribution is 9.10. The fourth-order valence-electron chi connectivity index (χ4n) is 2.35. The molecule has 22 heavy (non-hydrogen) atoms. The van der Waals surface area contributed by atoms with Gasteiger partial charge in [0.2, 0.25) is 0 Å². The molecule has 1 aromatic carbocycles. The summed E-state index contributed by atoms with van der Waals surface area (Å²) < 4.78 is 43.7. The van der Waals surface area contributed by atoms with Gasteiger partial charge in [-0.15, -0.1) is 0 Å². The normalized spacial score (nSPS) is 13.7. The van der Waals surface area contributed by atoms with Crippen LogP contribution in [0.2, 0.25) is 0 Å². The van der Waals surface area contributed by atoms with E-state index in [2.05, 4.69) is 20.9 Å². The average Bonchev–Trinajstić information content (AvgIpc) is 2.79. The minimum absolute atomic E-state index is 0.0360. The van der Waals surface area contributed by atoms with Gasteiger partial charge in [-0.1, -0.05) is 0 Å². The third kappa shape index (κ3) is 2.91. The van der Waals surface area contributed by atoms with E-state index in [9.17, 15) is 12.8 Å². The van der Waals surface area contributed by atoms with Crippen LogP contribution in [0, 0.1) is 0 Å². The molecule has 0 saturated heterocycles. The third-order valence-corrected chi connectivity index (χ3v) is 4.84. The van der Waals surface area contributed by atoms with Crippen molar-refractivity contribution >= 4 is 31.8 Å². The second-order valence-electron chi connectivity index (χ2n) is 4.94. The van der Waals surface area contributed by atoms with Crippen molar-refractivity contribution in [1.82, 2.24) is 4.98 Å². The molecule has 1 aliphatic rings. The Bertz CT molecular complexity index is 894. The first-order valence-electron chi connectivity index (χ1n) is 6.35. The quantitative estimate of drug-likeness (QED) is 0.806. The predicted molar refractivity (Wildman–Crippen MR) is 84.4 cm³/mol. The summed E-state index contributed by atoms with van der Waals surface area (Å²) in [6.45, 7) is 0. The molecule has 0 saturated carbocycles. The van der Waals surface area contributed by atoms with Crippen molar-refractivity contribution in [3.63, 3.8) is 0 Å². The van der Waals surface area contributed by atoms with E-state index in [1.807, 2.05) is 0 Å². The third-order valence-electron chi connectivity index (χ3n) is 3.23. The average molecular weight is 384 g/mol.